The fourth-order valence-electron chi connectivity index (χ4n) is 3.15. The lowest BCUT2D eigenvalue weighted by Crippen LogP contribution is -2.37. The van der Waals surface area contributed by atoms with E-state index in [1.165, 1.54) is 0 Å². The molecule has 1 saturated carbocycles. The third-order valence-corrected chi connectivity index (χ3v) is 4.87. The zero-order valence-corrected chi connectivity index (χ0v) is 13.0. The van der Waals surface area contributed by atoms with Crippen molar-refractivity contribution >= 4 is 21.7 Å². The van der Waals surface area contributed by atoms with Crippen molar-refractivity contribution in [1.29, 1.82) is 0 Å². The maximum absolute atomic E-state index is 12.7. The quantitative estimate of drug-likeness (QED) is 0.671. The average molecular weight is 325 g/mol. The SMILES string of the molecule is C=C1/C=C(Br)\C=C/CCC2(CCC(OC)CC2)C1=O. The van der Waals surface area contributed by atoms with Crippen LogP contribution in [0.4, 0.5) is 0 Å². The number of ether oxygens (including phenoxy) is 1. The Balaban J connectivity index is 2.22. The van der Waals surface area contributed by atoms with E-state index in [0.717, 1.165) is 43.0 Å². The van der Waals surface area contributed by atoms with E-state index >= 15 is 0 Å². The third kappa shape index (κ3) is 3.26. The monoisotopic (exact) mass is 324 g/mol. The maximum Gasteiger partial charge on any atom is 0.168 e. The second kappa shape index (κ2) is 6.19. The standard InChI is InChI=1S/C16H21BrO2/c1-12-11-13(17)5-3-4-8-16(15(12)18)9-6-14(19-2)7-10-16/h3,5,11,14H,1,4,6-10H2,2H3/b5-3-,13-11+. The van der Waals surface area contributed by atoms with E-state index < -0.39 is 0 Å². The Morgan fingerprint density at radius 1 is 1.37 bits per heavy atom. The van der Waals surface area contributed by atoms with Crippen LogP contribution >= 0.6 is 15.9 Å². The van der Waals surface area contributed by atoms with Gasteiger partial charge in [-0.15, -0.1) is 0 Å². The lowest BCUT2D eigenvalue weighted by Gasteiger charge is -2.38. The molecule has 0 aliphatic heterocycles. The van der Waals surface area contributed by atoms with Gasteiger partial charge in [0.2, 0.25) is 0 Å². The summed E-state index contributed by atoms with van der Waals surface area (Å²) in [6.45, 7) is 3.96. The molecular weight excluding hydrogens is 304 g/mol. The maximum atomic E-state index is 12.7. The molecule has 2 aliphatic rings. The van der Waals surface area contributed by atoms with Gasteiger partial charge in [0.05, 0.1) is 6.10 Å². The first kappa shape index (κ1) is 14.7. The summed E-state index contributed by atoms with van der Waals surface area (Å²) in [5.41, 5.74) is 0.402. The molecule has 104 valence electrons. The molecule has 3 heteroatoms. The van der Waals surface area contributed by atoms with Crippen molar-refractivity contribution in [2.75, 3.05) is 7.11 Å². The lowest BCUT2D eigenvalue weighted by atomic mass is 9.66. The normalized spacial score (nSPS) is 37.2. The lowest BCUT2D eigenvalue weighted by molar-refractivity contribution is -0.128. The van der Waals surface area contributed by atoms with E-state index in [9.17, 15) is 4.79 Å². The molecule has 1 fully saturated rings. The highest BCUT2D eigenvalue weighted by Gasteiger charge is 2.41. The number of hydrogen-bond donors (Lipinski definition) is 0. The van der Waals surface area contributed by atoms with Crippen LogP contribution in [0, 0.1) is 5.41 Å². The van der Waals surface area contributed by atoms with Gasteiger partial charge in [0.15, 0.2) is 5.78 Å². The molecule has 0 radical (unpaired) electrons. The second-order valence-electron chi connectivity index (χ2n) is 5.54. The van der Waals surface area contributed by atoms with Crippen LogP contribution in [0.1, 0.15) is 38.5 Å². The summed E-state index contributed by atoms with van der Waals surface area (Å²) in [6, 6.07) is 0. The molecule has 0 aromatic heterocycles. The molecule has 0 N–H and O–H groups in total. The number of carbonyl (C=O) groups is 1. The number of halogens is 1. The van der Waals surface area contributed by atoms with Gasteiger partial charge < -0.3 is 4.74 Å². The van der Waals surface area contributed by atoms with Crippen molar-refractivity contribution in [2.45, 2.75) is 44.6 Å². The molecule has 0 amide bonds. The minimum atomic E-state index is -0.218. The molecule has 0 unspecified atom stereocenters. The molecule has 1 spiro atoms. The van der Waals surface area contributed by atoms with E-state index in [1.54, 1.807) is 7.11 Å². The van der Waals surface area contributed by atoms with Crippen molar-refractivity contribution in [3.63, 3.8) is 0 Å². The molecule has 0 saturated heterocycles. The summed E-state index contributed by atoms with van der Waals surface area (Å²) in [4.78, 5) is 12.7. The molecule has 0 aromatic rings. The molecule has 0 bridgehead atoms. The molecule has 0 heterocycles. The molecule has 2 aliphatic carbocycles. The first-order valence-electron chi connectivity index (χ1n) is 6.88. The number of ketones is 1. The Bertz CT molecular complexity index is 426. The van der Waals surface area contributed by atoms with Gasteiger partial charge in [0.25, 0.3) is 0 Å². The minimum Gasteiger partial charge on any atom is -0.381 e. The number of carbonyl (C=O) groups excluding carboxylic acids is 1. The molecular formula is C16H21BrO2. The van der Waals surface area contributed by atoms with Crippen LogP contribution < -0.4 is 0 Å². The smallest absolute Gasteiger partial charge is 0.168 e. The molecule has 0 aromatic carbocycles. The minimum absolute atomic E-state index is 0.218. The van der Waals surface area contributed by atoms with Crippen LogP contribution in [0.5, 0.6) is 0 Å². The topological polar surface area (TPSA) is 26.3 Å². The molecule has 19 heavy (non-hydrogen) atoms. The van der Waals surface area contributed by atoms with Crippen LogP contribution in [0.2, 0.25) is 0 Å². The fraction of sp³-hybridized carbons (Fsp3) is 0.562. The number of rotatable bonds is 1. The summed E-state index contributed by atoms with van der Waals surface area (Å²) in [5, 5.41) is 0. The average Bonchev–Trinajstić information content (AvgIpc) is 2.46. The van der Waals surface area contributed by atoms with Crippen LogP contribution in [0.3, 0.4) is 0 Å². The summed E-state index contributed by atoms with van der Waals surface area (Å²) >= 11 is 3.45. The van der Waals surface area contributed by atoms with Gasteiger partial charge in [0, 0.05) is 22.6 Å². The van der Waals surface area contributed by atoms with Gasteiger partial charge in [0.1, 0.15) is 0 Å². The van der Waals surface area contributed by atoms with Crippen LogP contribution in [-0.4, -0.2) is 19.0 Å². The van der Waals surface area contributed by atoms with Crippen molar-refractivity contribution in [3.8, 4) is 0 Å². The van der Waals surface area contributed by atoms with Crippen molar-refractivity contribution < 1.29 is 9.53 Å². The number of hydrogen-bond acceptors (Lipinski definition) is 2. The zero-order chi connectivity index (χ0) is 13.9. The summed E-state index contributed by atoms with van der Waals surface area (Å²) in [5.74, 6) is 0.225. The van der Waals surface area contributed by atoms with Gasteiger partial charge in [-0.2, -0.15) is 0 Å². The number of allylic oxidation sites excluding steroid dienone is 5. The van der Waals surface area contributed by atoms with Gasteiger partial charge >= 0.3 is 0 Å². The van der Waals surface area contributed by atoms with E-state index in [0.29, 0.717) is 11.7 Å². The number of methoxy groups -OCH3 is 1. The highest BCUT2D eigenvalue weighted by molar-refractivity contribution is 9.11. The predicted molar refractivity (Wildman–Crippen MR) is 81.2 cm³/mol. The Labute approximate surface area is 123 Å². The Hall–Kier alpha value is -0.670. The summed E-state index contributed by atoms with van der Waals surface area (Å²) in [6.07, 6.45) is 12.0. The fourth-order valence-corrected chi connectivity index (χ4v) is 3.61. The Morgan fingerprint density at radius 3 is 2.68 bits per heavy atom. The third-order valence-electron chi connectivity index (χ3n) is 4.38. The Morgan fingerprint density at radius 2 is 2.05 bits per heavy atom. The van der Waals surface area contributed by atoms with E-state index in [-0.39, 0.29) is 11.2 Å². The van der Waals surface area contributed by atoms with Gasteiger partial charge in [-0.05, 0) is 44.6 Å². The van der Waals surface area contributed by atoms with E-state index in [1.807, 2.05) is 12.2 Å². The first-order valence-corrected chi connectivity index (χ1v) is 7.67. The van der Waals surface area contributed by atoms with E-state index in [2.05, 4.69) is 28.6 Å². The van der Waals surface area contributed by atoms with Gasteiger partial charge in [-0.25, -0.2) is 0 Å². The van der Waals surface area contributed by atoms with Gasteiger partial charge in [-0.3, -0.25) is 4.79 Å². The van der Waals surface area contributed by atoms with Crippen LogP contribution in [0.15, 0.2) is 34.9 Å². The number of Topliss-reactive ketones (excluding diaryl/α,β-unsaturated/α-hetero) is 1. The molecule has 0 atom stereocenters. The summed E-state index contributed by atoms with van der Waals surface area (Å²) < 4.78 is 6.34. The van der Waals surface area contributed by atoms with Crippen LogP contribution in [-0.2, 0) is 9.53 Å². The van der Waals surface area contributed by atoms with Gasteiger partial charge in [-0.1, -0.05) is 34.7 Å². The molecule has 2 nitrogen and oxygen atoms in total. The van der Waals surface area contributed by atoms with Crippen LogP contribution in [0.25, 0.3) is 0 Å². The predicted octanol–water partition coefficient (Wildman–Crippen LogP) is 4.32. The van der Waals surface area contributed by atoms with Crippen molar-refractivity contribution in [3.05, 3.63) is 34.9 Å². The highest BCUT2D eigenvalue weighted by Crippen LogP contribution is 2.44. The Kier molecular flexibility index (Phi) is 4.80. The first-order chi connectivity index (χ1) is 9.07. The van der Waals surface area contributed by atoms with Crippen molar-refractivity contribution in [2.24, 2.45) is 5.41 Å². The highest BCUT2D eigenvalue weighted by atomic mass is 79.9. The molecule has 2 rings (SSSR count). The second-order valence-corrected chi connectivity index (χ2v) is 6.46. The largest absolute Gasteiger partial charge is 0.381 e. The van der Waals surface area contributed by atoms with Crippen molar-refractivity contribution in [1.82, 2.24) is 0 Å². The summed E-state index contributed by atoms with van der Waals surface area (Å²) in [7, 11) is 1.76. The zero-order valence-electron chi connectivity index (χ0n) is 11.5. The van der Waals surface area contributed by atoms with E-state index in [4.69, 9.17) is 4.74 Å².